The van der Waals surface area contributed by atoms with Gasteiger partial charge in [0, 0.05) is 48.7 Å². The molecule has 6 aromatic heterocycles. The van der Waals surface area contributed by atoms with Gasteiger partial charge in [0.15, 0.2) is 5.75 Å². The van der Waals surface area contributed by atoms with E-state index in [1.807, 2.05) is 36.7 Å². The Balaban J connectivity index is 0.000000199. The number of amides is 2. The number of carbonyl (C=O) groups is 4. The lowest BCUT2D eigenvalue weighted by Gasteiger charge is -2.15. The number of anilines is 2. The zero-order chi connectivity index (χ0) is 47.1. The van der Waals surface area contributed by atoms with Gasteiger partial charge in [-0.1, -0.05) is 13.3 Å². The van der Waals surface area contributed by atoms with Gasteiger partial charge in [0.1, 0.15) is 11.1 Å². The highest BCUT2D eigenvalue weighted by molar-refractivity contribution is 7.17. The summed E-state index contributed by atoms with van der Waals surface area (Å²) in [6, 6.07) is 17.8. The summed E-state index contributed by atoms with van der Waals surface area (Å²) in [7, 11) is 0. The topological polar surface area (TPSA) is 231 Å². The number of hydrogen-bond acceptors (Lipinski definition) is 13. The summed E-state index contributed by atoms with van der Waals surface area (Å²) in [5.74, 6) is -2.96. The Kier molecular flexibility index (Phi) is 14.2. The average molecular weight is 933 g/mol. The van der Waals surface area contributed by atoms with Gasteiger partial charge < -0.3 is 30.3 Å². The maximum atomic E-state index is 13.6. The quantitative estimate of drug-likeness (QED) is 0.0588. The third-order valence-electron chi connectivity index (χ3n) is 9.97. The van der Waals surface area contributed by atoms with Gasteiger partial charge in [-0.25, -0.2) is 19.0 Å². The van der Waals surface area contributed by atoms with E-state index in [2.05, 4.69) is 20.8 Å². The predicted octanol–water partition coefficient (Wildman–Crippen LogP) is 7.27. The number of aromatic carboxylic acids is 1. The van der Waals surface area contributed by atoms with E-state index < -0.39 is 23.2 Å². The largest absolute Gasteiger partial charge is 0.502 e. The summed E-state index contributed by atoms with van der Waals surface area (Å²) in [4.78, 5) is 72.8. The Hall–Kier alpha value is -7.84. The van der Waals surface area contributed by atoms with Crippen molar-refractivity contribution in [1.82, 2.24) is 28.7 Å². The van der Waals surface area contributed by atoms with E-state index in [4.69, 9.17) is 9.47 Å². The molecule has 0 saturated carbocycles. The molecular formula is C46H44N8O10S2. The summed E-state index contributed by atoms with van der Waals surface area (Å²) < 4.78 is 18.4. The van der Waals surface area contributed by atoms with Crippen LogP contribution in [0.5, 0.6) is 11.5 Å². The highest BCUT2D eigenvalue weighted by Crippen LogP contribution is 2.32. The maximum Gasteiger partial charge on any atom is 0.343 e. The molecule has 6 heterocycles. The molecule has 8 rings (SSSR count). The number of benzene rings is 2. The molecule has 4 N–H and O–H groups in total. The molecule has 0 atom stereocenters. The molecule has 0 bridgehead atoms. The Morgan fingerprint density at radius 2 is 1.18 bits per heavy atom. The number of hydrogen-bond donors (Lipinski definition) is 4. The van der Waals surface area contributed by atoms with Crippen molar-refractivity contribution in [2.45, 2.75) is 53.6 Å². The first-order valence-corrected chi connectivity index (χ1v) is 22.4. The van der Waals surface area contributed by atoms with Crippen LogP contribution in [-0.2, 0) is 27.4 Å². The van der Waals surface area contributed by atoms with E-state index in [-0.39, 0.29) is 53.9 Å². The van der Waals surface area contributed by atoms with Crippen LogP contribution < -0.4 is 26.5 Å². The summed E-state index contributed by atoms with van der Waals surface area (Å²) in [5, 5.41) is 37.2. The van der Waals surface area contributed by atoms with Crippen molar-refractivity contribution in [3.63, 3.8) is 0 Å². The van der Waals surface area contributed by atoms with Gasteiger partial charge in [-0.15, -0.1) is 22.7 Å². The maximum absolute atomic E-state index is 13.6. The molecule has 0 aliphatic heterocycles. The highest BCUT2D eigenvalue weighted by atomic mass is 32.1. The van der Waals surface area contributed by atoms with Gasteiger partial charge >= 0.3 is 11.9 Å². The fourth-order valence-corrected chi connectivity index (χ4v) is 8.84. The number of esters is 1. The van der Waals surface area contributed by atoms with Crippen molar-refractivity contribution in [3.8, 4) is 22.9 Å². The lowest BCUT2D eigenvalue weighted by molar-refractivity contribution is -0.115. The molecule has 20 heteroatoms. The minimum atomic E-state index is -1.35. The zero-order valence-corrected chi connectivity index (χ0v) is 37.8. The predicted molar refractivity (Wildman–Crippen MR) is 251 cm³/mol. The van der Waals surface area contributed by atoms with Gasteiger partial charge in [-0.3, -0.25) is 28.3 Å². The normalized spacial score (nSPS) is 11.0. The first-order chi connectivity index (χ1) is 31.8. The molecular weight excluding hydrogens is 889 g/mol. The molecule has 18 nitrogen and oxygen atoms in total. The number of rotatable bonds is 15. The standard InChI is InChI=1S/C26H28N4O5S.C20H16N4O5S/c1-4-6-12-35-23-22(26(33)34-5-2)24-21(11-13-36-24)29(25(23)32)15-18-14-27-30(16-18)20-9-7-19(8-10-20)28-17(3)31;1-11(25)22-13-2-4-14(5-3-13)24-10-12(8-21-24)9-23-15-6-7-30-18(15)16(20(28)29)17(26)19(23)27/h7-11,13-14,16H,4-6,12,15H2,1-3H3,(H,28,31);2-8,10,26H,9H2,1H3,(H,22,25)(H,28,29). The molecule has 0 fully saturated rings. The van der Waals surface area contributed by atoms with E-state index in [1.54, 1.807) is 87.3 Å². The first-order valence-electron chi connectivity index (χ1n) is 20.6. The molecule has 0 spiro atoms. The number of carboxylic acid groups (broad SMARTS) is 1. The fourth-order valence-electron chi connectivity index (χ4n) is 6.98. The molecule has 66 heavy (non-hydrogen) atoms. The van der Waals surface area contributed by atoms with Crippen molar-refractivity contribution in [2.24, 2.45) is 0 Å². The average Bonchev–Trinajstić information content (AvgIpc) is 4.13. The van der Waals surface area contributed by atoms with Crippen LogP contribution in [0.3, 0.4) is 0 Å². The smallest absolute Gasteiger partial charge is 0.343 e. The van der Waals surface area contributed by atoms with Crippen LogP contribution in [-0.4, -0.2) is 75.9 Å². The number of aromatic nitrogens is 6. The fraction of sp³-hybridized carbons (Fsp3) is 0.217. The minimum Gasteiger partial charge on any atom is -0.502 e. The Morgan fingerprint density at radius 1 is 0.697 bits per heavy atom. The molecule has 0 radical (unpaired) electrons. The number of nitrogens with zero attached hydrogens (tertiary/aromatic N) is 6. The molecule has 340 valence electrons. The Morgan fingerprint density at radius 3 is 1.64 bits per heavy atom. The molecule has 8 aromatic rings. The summed E-state index contributed by atoms with van der Waals surface area (Å²) in [5.41, 5.74) is 4.16. The number of thiophene rings is 2. The number of pyridine rings is 2. The minimum absolute atomic E-state index is 0.0257. The van der Waals surface area contributed by atoms with Crippen LogP contribution in [0.15, 0.2) is 106 Å². The Labute approximate surface area is 383 Å². The van der Waals surface area contributed by atoms with Crippen molar-refractivity contribution in [1.29, 1.82) is 0 Å². The van der Waals surface area contributed by atoms with Gasteiger partial charge in [-0.2, -0.15) is 10.2 Å². The van der Waals surface area contributed by atoms with Crippen LogP contribution in [0.4, 0.5) is 11.4 Å². The number of fused-ring (bicyclic) bond motifs is 2. The third kappa shape index (κ3) is 10.1. The molecule has 0 unspecified atom stereocenters. The number of aromatic hydroxyl groups is 1. The second kappa shape index (κ2) is 20.3. The van der Waals surface area contributed by atoms with Crippen LogP contribution in [0.2, 0.25) is 0 Å². The molecule has 0 saturated heterocycles. The number of nitrogens with one attached hydrogen (secondary N) is 2. The van der Waals surface area contributed by atoms with Gasteiger partial charge in [0.2, 0.25) is 17.6 Å². The number of ether oxygens (including phenoxy) is 2. The van der Waals surface area contributed by atoms with Crippen molar-refractivity contribution in [3.05, 3.63) is 139 Å². The number of carbonyl (C=O) groups excluding carboxylic acids is 3. The van der Waals surface area contributed by atoms with E-state index in [9.17, 15) is 39.0 Å². The SMILES string of the molecule is CC(=O)Nc1ccc(-n2cc(Cn3c(=O)c(O)c(C(=O)O)c4sccc43)cn2)cc1.CCCCOc1c(C(=O)OCC)c2sccc2n(Cc2cnn(-c3ccc(NC(C)=O)cc3)c2)c1=O. The molecule has 2 aromatic carbocycles. The second-order valence-corrected chi connectivity index (χ2v) is 16.6. The monoisotopic (exact) mass is 932 g/mol. The van der Waals surface area contributed by atoms with E-state index in [0.29, 0.717) is 44.0 Å². The van der Waals surface area contributed by atoms with Crippen LogP contribution in [0.1, 0.15) is 72.4 Å². The van der Waals surface area contributed by atoms with E-state index in [1.165, 1.54) is 29.8 Å². The third-order valence-corrected chi connectivity index (χ3v) is 11.8. The second-order valence-electron chi connectivity index (χ2n) is 14.8. The van der Waals surface area contributed by atoms with E-state index >= 15 is 0 Å². The van der Waals surface area contributed by atoms with Crippen molar-refractivity contribution >= 4 is 78.2 Å². The summed E-state index contributed by atoms with van der Waals surface area (Å²) in [6.45, 7) is 7.55. The lowest BCUT2D eigenvalue weighted by Crippen LogP contribution is -2.26. The highest BCUT2D eigenvalue weighted by Gasteiger charge is 2.26. The Bertz CT molecular complexity index is 3200. The molecule has 0 aliphatic rings. The van der Waals surface area contributed by atoms with Crippen molar-refractivity contribution < 1.29 is 38.9 Å². The first kappa shape index (κ1) is 46.2. The number of carboxylic acids is 1. The van der Waals surface area contributed by atoms with Gasteiger partial charge in [0.05, 0.1) is 70.5 Å². The van der Waals surface area contributed by atoms with Crippen LogP contribution in [0, 0.1) is 0 Å². The van der Waals surface area contributed by atoms with Gasteiger partial charge in [-0.05, 0) is 84.8 Å². The molecule has 2 amide bonds. The number of unbranched alkanes of at least 4 members (excludes halogenated alkanes) is 1. The van der Waals surface area contributed by atoms with E-state index in [0.717, 1.165) is 41.1 Å². The molecule has 0 aliphatic carbocycles. The summed E-state index contributed by atoms with van der Waals surface area (Å²) >= 11 is 2.52. The van der Waals surface area contributed by atoms with Crippen LogP contribution in [0.25, 0.3) is 31.8 Å². The lowest BCUT2D eigenvalue weighted by atomic mass is 10.2. The van der Waals surface area contributed by atoms with Crippen molar-refractivity contribution in [2.75, 3.05) is 23.8 Å². The summed E-state index contributed by atoms with van der Waals surface area (Å²) in [6.07, 6.45) is 8.53. The zero-order valence-electron chi connectivity index (χ0n) is 36.1. The van der Waals surface area contributed by atoms with Gasteiger partial charge in [0.25, 0.3) is 11.1 Å². The van der Waals surface area contributed by atoms with Crippen LogP contribution >= 0.6 is 22.7 Å².